The van der Waals surface area contributed by atoms with Crippen LogP contribution in [0.5, 0.6) is 11.5 Å². The number of methoxy groups -OCH3 is 1. The SMILES string of the molecule is CCNC(C)COc1ccc(OC)cc1. The number of hydrogen-bond donors (Lipinski definition) is 1. The standard InChI is InChI=1S/C12H19NO2/c1-4-13-10(2)9-15-12-7-5-11(14-3)6-8-12/h5-8,10,13H,4,9H2,1-3H3. The molecule has 15 heavy (non-hydrogen) atoms. The van der Waals surface area contributed by atoms with Crippen LogP contribution in [0.2, 0.25) is 0 Å². The van der Waals surface area contributed by atoms with E-state index in [4.69, 9.17) is 9.47 Å². The van der Waals surface area contributed by atoms with Gasteiger partial charge in [0, 0.05) is 6.04 Å². The van der Waals surface area contributed by atoms with Crippen LogP contribution in [-0.2, 0) is 0 Å². The highest BCUT2D eigenvalue weighted by atomic mass is 16.5. The van der Waals surface area contributed by atoms with Crippen molar-refractivity contribution in [1.82, 2.24) is 5.32 Å². The van der Waals surface area contributed by atoms with E-state index >= 15 is 0 Å². The van der Waals surface area contributed by atoms with Crippen molar-refractivity contribution < 1.29 is 9.47 Å². The Morgan fingerprint density at radius 2 is 1.80 bits per heavy atom. The van der Waals surface area contributed by atoms with Crippen molar-refractivity contribution in [2.24, 2.45) is 0 Å². The predicted molar refractivity (Wildman–Crippen MR) is 61.6 cm³/mol. The van der Waals surface area contributed by atoms with Crippen LogP contribution in [0.3, 0.4) is 0 Å². The fourth-order valence-corrected chi connectivity index (χ4v) is 1.30. The van der Waals surface area contributed by atoms with Crippen LogP contribution in [0.15, 0.2) is 24.3 Å². The lowest BCUT2D eigenvalue weighted by Gasteiger charge is -2.13. The fourth-order valence-electron chi connectivity index (χ4n) is 1.30. The second-order valence-corrected chi connectivity index (χ2v) is 3.45. The van der Waals surface area contributed by atoms with Gasteiger partial charge in [0.2, 0.25) is 0 Å². The Morgan fingerprint density at radius 3 is 2.33 bits per heavy atom. The van der Waals surface area contributed by atoms with Crippen molar-refractivity contribution in [3.63, 3.8) is 0 Å². The summed E-state index contributed by atoms with van der Waals surface area (Å²) >= 11 is 0. The highest BCUT2D eigenvalue weighted by Crippen LogP contribution is 2.16. The summed E-state index contributed by atoms with van der Waals surface area (Å²) < 4.78 is 10.7. The summed E-state index contributed by atoms with van der Waals surface area (Å²) in [4.78, 5) is 0. The summed E-state index contributed by atoms with van der Waals surface area (Å²) in [6.07, 6.45) is 0. The molecule has 1 unspecified atom stereocenters. The minimum atomic E-state index is 0.372. The zero-order chi connectivity index (χ0) is 11.1. The minimum absolute atomic E-state index is 0.372. The summed E-state index contributed by atoms with van der Waals surface area (Å²) in [6, 6.07) is 7.99. The second kappa shape index (κ2) is 6.30. The van der Waals surface area contributed by atoms with Gasteiger partial charge in [0.25, 0.3) is 0 Å². The topological polar surface area (TPSA) is 30.5 Å². The Bertz CT molecular complexity index is 271. The number of hydrogen-bond acceptors (Lipinski definition) is 3. The Hall–Kier alpha value is -1.22. The van der Waals surface area contributed by atoms with Gasteiger partial charge in [-0.05, 0) is 37.7 Å². The van der Waals surface area contributed by atoms with Gasteiger partial charge < -0.3 is 14.8 Å². The first kappa shape index (κ1) is 11.9. The molecule has 0 heterocycles. The molecule has 0 aliphatic carbocycles. The molecule has 0 saturated carbocycles. The van der Waals surface area contributed by atoms with Crippen molar-refractivity contribution in [3.05, 3.63) is 24.3 Å². The van der Waals surface area contributed by atoms with Gasteiger partial charge in [0.1, 0.15) is 18.1 Å². The maximum atomic E-state index is 5.60. The summed E-state index contributed by atoms with van der Waals surface area (Å²) in [5.74, 6) is 1.72. The van der Waals surface area contributed by atoms with E-state index in [0.29, 0.717) is 12.6 Å². The highest BCUT2D eigenvalue weighted by molar-refractivity contribution is 5.31. The first-order chi connectivity index (χ1) is 7.26. The van der Waals surface area contributed by atoms with Crippen molar-refractivity contribution in [2.75, 3.05) is 20.3 Å². The average molecular weight is 209 g/mol. The van der Waals surface area contributed by atoms with Crippen LogP contribution in [-0.4, -0.2) is 26.3 Å². The monoisotopic (exact) mass is 209 g/mol. The van der Waals surface area contributed by atoms with Crippen LogP contribution in [0, 0.1) is 0 Å². The molecule has 0 fully saturated rings. The van der Waals surface area contributed by atoms with Crippen molar-refractivity contribution >= 4 is 0 Å². The summed E-state index contributed by atoms with van der Waals surface area (Å²) in [5.41, 5.74) is 0. The molecule has 0 aromatic heterocycles. The minimum Gasteiger partial charge on any atom is -0.497 e. The van der Waals surface area contributed by atoms with Gasteiger partial charge in [-0.15, -0.1) is 0 Å². The molecule has 0 aliphatic rings. The molecule has 1 atom stereocenters. The molecule has 1 rings (SSSR count). The smallest absolute Gasteiger partial charge is 0.119 e. The normalized spacial score (nSPS) is 12.2. The Morgan fingerprint density at radius 1 is 1.20 bits per heavy atom. The molecule has 0 saturated heterocycles. The van der Waals surface area contributed by atoms with Crippen LogP contribution in [0.4, 0.5) is 0 Å². The molecule has 3 nitrogen and oxygen atoms in total. The van der Waals surface area contributed by atoms with E-state index < -0.39 is 0 Å². The van der Waals surface area contributed by atoms with Crippen molar-refractivity contribution in [2.45, 2.75) is 19.9 Å². The first-order valence-electron chi connectivity index (χ1n) is 5.26. The van der Waals surface area contributed by atoms with Gasteiger partial charge in [-0.1, -0.05) is 6.92 Å². The number of rotatable bonds is 6. The van der Waals surface area contributed by atoms with E-state index in [1.807, 2.05) is 24.3 Å². The third-order valence-corrected chi connectivity index (χ3v) is 2.11. The van der Waals surface area contributed by atoms with Crippen molar-refractivity contribution in [1.29, 1.82) is 0 Å². The lowest BCUT2D eigenvalue weighted by molar-refractivity contribution is 0.275. The molecule has 3 heteroatoms. The number of ether oxygens (including phenoxy) is 2. The lowest BCUT2D eigenvalue weighted by Crippen LogP contribution is -2.31. The zero-order valence-corrected chi connectivity index (χ0v) is 9.62. The van der Waals surface area contributed by atoms with E-state index in [1.165, 1.54) is 0 Å². The fraction of sp³-hybridized carbons (Fsp3) is 0.500. The molecular weight excluding hydrogens is 190 g/mol. The summed E-state index contributed by atoms with van der Waals surface area (Å²) in [6.45, 7) is 5.84. The molecule has 0 radical (unpaired) electrons. The van der Waals surface area contributed by atoms with Gasteiger partial charge in [0.15, 0.2) is 0 Å². The molecule has 0 amide bonds. The van der Waals surface area contributed by atoms with Crippen LogP contribution >= 0.6 is 0 Å². The Kier molecular flexibility index (Phi) is 4.98. The molecule has 84 valence electrons. The van der Waals surface area contributed by atoms with Crippen molar-refractivity contribution in [3.8, 4) is 11.5 Å². The van der Waals surface area contributed by atoms with E-state index in [9.17, 15) is 0 Å². The maximum Gasteiger partial charge on any atom is 0.119 e. The van der Waals surface area contributed by atoms with Gasteiger partial charge in [-0.25, -0.2) is 0 Å². The van der Waals surface area contributed by atoms with E-state index in [0.717, 1.165) is 18.0 Å². The lowest BCUT2D eigenvalue weighted by atomic mass is 10.3. The second-order valence-electron chi connectivity index (χ2n) is 3.45. The average Bonchev–Trinajstić information content (AvgIpc) is 2.27. The molecule has 0 bridgehead atoms. The largest absolute Gasteiger partial charge is 0.497 e. The van der Waals surface area contributed by atoms with E-state index in [1.54, 1.807) is 7.11 Å². The summed E-state index contributed by atoms with van der Waals surface area (Å²) in [7, 11) is 1.66. The van der Waals surface area contributed by atoms with Crippen LogP contribution in [0.1, 0.15) is 13.8 Å². The van der Waals surface area contributed by atoms with Gasteiger partial charge in [0.05, 0.1) is 7.11 Å². The van der Waals surface area contributed by atoms with Crippen LogP contribution in [0.25, 0.3) is 0 Å². The summed E-state index contributed by atoms with van der Waals surface area (Å²) in [5, 5.41) is 3.29. The van der Waals surface area contributed by atoms with E-state index in [2.05, 4.69) is 19.2 Å². The molecule has 0 spiro atoms. The third-order valence-electron chi connectivity index (χ3n) is 2.11. The predicted octanol–water partition coefficient (Wildman–Crippen LogP) is 2.07. The quantitative estimate of drug-likeness (QED) is 0.778. The number of nitrogens with one attached hydrogen (secondary N) is 1. The Labute approximate surface area is 91.4 Å². The number of benzene rings is 1. The van der Waals surface area contributed by atoms with Gasteiger partial charge in [-0.2, -0.15) is 0 Å². The molecule has 0 aliphatic heterocycles. The number of likely N-dealkylation sites (N-methyl/N-ethyl adjacent to an activating group) is 1. The van der Waals surface area contributed by atoms with Crippen LogP contribution < -0.4 is 14.8 Å². The molecule has 1 aromatic carbocycles. The van der Waals surface area contributed by atoms with E-state index in [-0.39, 0.29) is 0 Å². The molecule has 1 aromatic rings. The van der Waals surface area contributed by atoms with Gasteiger partial charge in [-0.3, -0.25) is 0 Å². The molecule has 1 N–H and O–H groups in total. The maximum absolute atomic E-state index is 5.60. The first-order valence-corrected chi connectivity index (χ1v) is 5.26. The van der Waals surface area contributed by atoms with Gasteiger partial charge >= 0.3 is 0 Å². The Balaban J connectivity index is 2.37. The molecular formula is C12H19NO2. The third kappa shape index (κ3) is 4.21. The zero-order valence-electron chi connectivity index (χ0n) is 9.62. The highest BCUT2D eigenvalue weighted by Gasteiger charge is 2.00.